The Balaban J connectivity index is 2.33. The molecule has 0 bridgehead atoms. The molecule has 1 N–H and O–H groups in total. The molecule has 30 heavy (non-hydrogen) atoms. The Morgan fingerprint density at radius 1 is 1.07 bits per heavy atom. The molecule has 0 fully saturated rings. The number of carbonyl (C=O) groups is 2. The molecule has 0 heterocycles. The quantitative estimate of drug-likeness (QED) is 0.664. The number of methoxy groups -OCH3 is 1. The van der Waals surface area contributed by atoms with Gasteiger partial charge in [0.05, 0.1) is 7.11 Å². The highest BCUT2D eigenvalue weighted by atomic mass is 16.5. The van der Waals surface area contributed by atoms with Gasteiger partial charge in [0.2, 0.25) is 5.91 Å². The van der Waals surface area contributed by atoms with E-state index in [4.69, 9.17) is 4.74 Å². The predicted molar refractivity (Wildman–Crippen MR) is 122 cm³/mol. The highest BCUT2D eigenvalue weighted by Crippen LogP contribution is 2.26. The SMILES string of the molecule is CCCN(Cc1cc(NC(=O)C(C)C)ccc1N(C)C)C(=O)c1ccc(OC)cc1. The van der Waals surface area contributed by atoms with Gasteiger partial charge in [-0.1, -0.05) is 20.8 Å². The summed E-state index contributed by atoms with van der Waals surface area (Å²) in [6.07, 6.45) is 0.850. The summed E-state index contributed by atoms with van der Waals surface area (Å²) in [5, 5.41) is 2.95. The van der Waals surface area contributed by atoms with Crippen LogP contribution in [0.15, 0.2) is 42.5 Å². The maximum atomic E-state index is 13.2. The van der Waals surface area contributed by atoms with Crippen molar-refractivity contribution in [1.29, 1.82) is 0 Å². The Kier molecular flexibility index (Phi) is 8.27. The summed E-state index contributed by atoms with van der Waals surface area (Å²) >= 11 is 0. The number of rotatable bonds is 9. The zero-order chi connectivity index (χ0) is 22.3. The lowest BCUT2D eigenvalue weighted by molar-refractivity contribution is -0.118. The molecule has 2 rings (SSSR count). The summed E-state index contributed by atoms with van der Waals surface area (Å²) < 4.78 is 5.19. The summed E-state index contributed by atoms with van der Waals surface area (Å²) in [7, 11) is 5.55. The van der Waals surface area contributed by atoms with Gasteiger partial charge in [-0.2, -0.15) is 0 Å². The molecular formula is C24H33N3O3. The fourth-order valence-corrected chi connectivity index (χ4v) is 3.16. The molecular weight excluding hydrogens is 378 g/mol. The molecule has 0 atom stereocenters. The first-order valence-electron chi connectivity index (χ1n) is 10.3. The zero-order valence-electron chi connectivity index (χ0n) is 18.9. The van der Waals surface area contributed by atoms with Crippen LogP contribution >= 0.6 is 0 Å². The summed E-state index contributed by atoms with van der Waals surface area (Å²) in [5.41, 5.74) is 3.36. The van der Waals surface area contributed by atoms with Gasteiger partial charge in [-0.25, -0.2) is 0 Å². The summed E-state index contributed by atoms with van der Waals surface area (Å²) in [6.45, 7) is 6.88. The second-order valence-electron chi connectivity index (χ2n) is 7.84. The average molecular weight is 412 g/mol. The Bertz CT molecular complexity index is 860. The lowest BCUT2D eigenvalue weighted by Gasteiger charge is -2.26. The first-order valence-corrected chi connectivity index (χ1v) is 10.3. The fraction of sp³-hybridized carbons (Fsp3) is 0.417. The van der Waals surface area contributed by atoms with Crippen LogP contribution in [0.5, 0.6) is 5.75 Å². The minimum Gasteiger partial charge on any atom is -0.497 e. The third-order valence-electron chi connectivity index (χ3n) is 4.83. The van der Waals surface area contributed by atoms with Crippen molar-refractivity contribution in [1.82, 2.24) is 4.90 Å². The minimum atomic E-state index is -0.102. The van der Waals surface area contributed by atoms with E-state index in [1.807, 2.05) is 55.9 Å². The molecule has 6 heteroatoms. The van der Waals surface area contributed by atoms with Crippen molar-refractivity contribution in [3.63, 3.8) is 0 Å². The molecule has 0 aromatic heterocycles. The molecule has 0 radical (unpaired) electrons. The van der Waals surface area contributed by atoms with E-state index in [-0.39, 0.29) is 17.7 Å². The maximum absolute atomic E-state index is 13.2. The number of carbonyl (C=O) groups excluding carboxylic acids is 2. The molecule has 162 valence electrons. The molecule has 2 aromatic carbocycles. The Hall–Kier alpha value is -3.02. The van der Waals surface area contributed by atoms with Crippen LogP contribution in [0.3, 0.4) is 0 Å². The Morgan fingerprint density at radius 3 is 2.27 bits per heavy atom. The van der Waals surface area contributed by atoms with Crippen LogP contribution in [-0.4, -0.2) is 44.5 Å². The number of nitrogens with one attached hydrogen (secondary N) is 1. The number of ether oxygens (including phenoxy) is 1. The van der Waals surface area contributed by atoms with Crippen LogP contribution in [0.2, 0.25) is 0 Å². The minimum absolute atomic E-state index is 0.0270. The number of amides is 2. The van der Waals surface area contributed by atoms with E-state index < -0.39 is 0 Å². The molecule has 2 aromatic rings. The number of anilines is 2. The number of nitrogens with zero attached hydrogens (tertiary/aromatic N) is 2. The van der Waals surface area contributed by atoms with Crippen LogP contribution in [0, 0.1) is 5.92 Å². The summed E-state index contributed by atoms with van der Waals surface area (Å²) in [5.74, 6) is 0.561. The molecule has 0 saturated carbocycles. The van der Waals surface area contributed by atoms with Crippen molar-refractivity contribution < 1.29 is 14.3 Å². The second kappa shape index (κ2) is 10.7. The number of benzene rings is 2. The van der Waals surface area contributed by atoms with E-state index in [2.05, 4.69) is 12.2 Å². The van der Waals surface area contributed by atoms with E-state index in [9.17, 15) is 9.59 Å². The van der Waals surface area contributed by atoms with E-state index in [0.717, 1.165) is 29.1 Å². The fourth-order valence-electron chi connectivity index (χ4n) is 3.16. The standard InChI is InChI=1S/C24H33N3O3/c1-7-14-27(24(29)18-8-11-21(30-6)12-9-18)16-19-15-20(25-23(28)17(2)3)10-13-22(19)26(4)5/h8-13,15,17H,7,14,16H2,1-6H3,(H,25,28). The normalized spacial score (nSPS) is 10.6. The summed E-state index contributed by atoms with van der Waals surface area (Å²) in [4.78, 5) is 29.2. The first kappa shape index (κ1) is 23.3. The van der Waals surface area contributed by atoms with Crippen LogP contribution in [0.4, 0.5) is 11.4 Å². The zero-order valence-corrected chi connectivity index (χ0v) is 18.9. The Labute approximate surface area is 179 Å². The topological polar surface area (TPSA) is 61.9 Å². The van der Waals surface area contributed by atoms with Gasteiger partial charge in [-0.05, 0) is 54.4 Å². The van der Waals surface area contributed by atoms with Crippen LogP contribution in [0.25, 0.3) is 0 Å². The van der Waals surface area contributed by atoms with Crippen molar-refractivity contribution in [2.45, 2.75) is 33.7 Å². The lowest BCUT2D eigenvalue weighted by atomic mass is 10.1. The molecule has 0 spiro atoms. The van der Waals surface area contributed by atoms with Gasteiger partial charge in [0.15, 0.2) is 0 Å². The highest BCUT2D eigenvalue weighted by Gasteiger charge is 2.18. The summed E-state index contributed by atoms with van der Waals surface area (Å²) in [6, 6.07) is 13.0. The van der Waals surface area contributed by atoms with Crippen molar-refractivity contribution in [2.24, 2.45) is 5.92 Å². The predicted octanol–water partition coefficient (Wildman–Crippen LogP) is 4.41. The van der Waals surface area contributed by atoms with Gasteiger partial charge < -0.3 is 19.9 Å². The van der Waals surface area contributed by atoms with Gasteiger partial charge in [0.25, 0.3) is 5.91 Å². The van der Waals surface area contributed by atoms with Gasteiger partial charge in [-0.15, -0.1) is 0 Å². The molecule has 0 unspecified atom stereocenters. The smallest absolute Gasteiger partial charge is 0.254 e. The monoisotopic (exact) mass is 411 g/mol. The van der Waals surface area contributed by atoms with Gasteiger partial charge in [0.1, 0.15) is 5.75 Å². The highest BCUT2D eigenvalue weighted by molar-refractivity contribution is 5.95. The first-order chi connectivity index (χ1) is 14.3. The van der Waals surface area contributed by atoms with Crippen molar-refractivity contribution in [2.75, 3.05) is 38.0 Å². The van der Waals surface area contributed by atoms with E-state index >= 15 is 0 Å². The third kappa shape index (κ3) is 5.99. The average Bonchev–Trinajstić information content (AvgIpc) is 2.72. The second-order valence-corrected chi connectivity index (χ2v) is 7.84. The van der Waals surface area contributed by atoms with Crippen LogP contribution < -0.4 is 15.0 Å². The molecule has 6 nitrogen and oxygen atoms in total. The van der Waals surface area contributed by atoms with Crippen LogP contribution in [0.1, 0.15) is 43.1 Å². The Morgan fingerprint density at radius 2 is 1.73 bits per heavy atom. The third-order valence-corrected chi connectivity index (χ3v) is 4.83. The number of hydrogen-bond donors (Lipinski definition) is 1. The van der Waals surface area contributed by atoms with Crippen molar-refractivity contribution in [3.05, 3.63) is 53.6 Å². The molecule has 0 saturated heterocycles. The molecule has 0 aliphatic heterocycles. The largest absolute Gasteiger partial charge is 0.497 e. The van der Waals surface area contributed by atoms with E-state index in [0.29, 0.717) is 18.7 Å². The van der Waals surface area contributed by atoms with Gasteiger partial charge in [0, 0.05) is 50.0 Å². The lowest BCUT2D eigenvalue weighted by Crippen LogP contribution is -2.32. The molecule has 0 aliphatic rings. The molecule has 2 amide bonds. The van der Waals surface area contributed by atoms with Crippen LogP contribution in [-0.2, 0) is 11.3 Å². The van der Waals surface area contributed by atoms with Gasteiger partial charge in [-0.3, -0.25) is 9.59 Å². The number of hydrogen-bond acceptors (Lipinski definition) is 4. The van der Waals surface area contributed by atoms with Crippen molar-refractivity contribution >= 4 is 23.2 Å². The maximum Gasteiger partial charge on any atom is 0.254 e. The molecule has 0 aliphatic carbocycles. The van der Waals surface area contributed by atoms with Crippen molar-refractivity contribution in [3.8, 4) is 5.75 Å². The van der Waals surface area contributed by atoms with Gasteiger partial charge >= 0.3 is 0 Å². The van der Waals surface area contributed by atoms with E-state index in [1.54, 1.807) is 31.4 Å². The van der Waals surface area contributed by atoms with E-state index in [1.165, 1.54) is 0 Å².